The van der Waals surface area contributed by atoms with Crippen molar-refractivity contribution in [3.63, 3.8) is 0 Å². The average molecular weight is 261 g/mol. The number of hydrogen-bond donors (Lipinski definition) is 0. The van der Waals surface area contributed by atoms with Crippen molar-refractivity contribution in [3.05, 3.63) is 0 Å². The molecule has 0 spiro atoms. The van der Waals surface area contributed by atoms with Crippen LogP contribution in [-0.4, -0.2) is 33.9 Å². The van der Waals surface area contributed by atoms with Crippen molar-refractivity contribution >= 4 is 34.7 Å². The van der Waals surface area contributed by atoms with Crippen LogP contribution in [0, 0.1) is 0 Å². The van der Waals surface area contributed by atoms with Crippen LogP contribution >= 0.6 is 23.7 Å². The number of thioether (sulfide) groups is 1. The fourth-order valence-electron chi connectivity index (χ4n) is 1.58. The molecule has 5 heteroatoms. The molecule has 0 radical (unpaired) electrons. The van der Waals surface area contributed by atoms with Crippen molar-refractivity contribution in [2.24, 2.45) is 0 Å². The van der Waals surface area contributed by atoms with Crippen LogP contribution in [0.3, 0.4) is 0 Å². The lowest BCUT2D eigenvalue weighted by molar-refractivity contribution is -0.123. The maximum Gasteiger partial charge on any atom is 0.232 e. The van der Waals surface area contributed by atoms with E-state index in [0.29, 0.717) is 6.42 Å². The minimum Gasteiger partial charge on any atom is -0.287 e. The van der Waals surface area contributed by atoms with Gasteiger partial charge in [-0.1, -0.05) is 18.2 Å². The van der Waals surface area contributed by atoms with E-state index in [4.69, 9.17) is 0 Å². The minimum absolute atomic E-state index is 0.280. The van der Waals surface area contributed by atoms with Gasteiger partial charge in [-0.3, -0.25) is 13.9 Å². The zero-order chi connectivity index (χ0) is 11.8. The van der Waals surface area contributed by atoms with E-state index in [0.717, 1.165) is 44.4 Å². The number of rotatable bonds is 7. The van der Waals surface area contributed by atoms with E-state index < -0.39 is 0 Å². The second-order valence-corrected chi connectivity index (χ2v) is 5.79. The summed E-state index contributed by atoms with van der Waals surface area (Å²) in [6.45, 7) is 0.911. The third-order valence-corrected chi connectivity index (χ3v) is 4.36. The van der Waals surface area contributed by atoms with E-state index in [9.17, 15) is 9.59 Å². The molecule has 16 heavy (non-hydrogen) atoms. The molecule has 1 saturated heterocycles. The van der Waals surface area contributed by atoms with Crippen LogP contribution in [0.15, 0.2) is 0 Å². The highest BCUT2D eigenvalue weighted by Gasteiger charge is 2.19. The Morgan fingerprint density at radius 2 is 2.19 bits per heavy atom. The monoisotopic (exact) mass is 261 g/mol. The fraction of sp³-hybridized carbons (Fsp3) is 0.818. The van der Waals surface area contributed by atoms with Crippen molar-refractivity contribution in [1.82, 2.24) is 4.31 Å². The molecule has 1 heterocycles. The van der Waals surface area contributed by atoms with Gasteiger partial charge in [0.2, 0.25) is 5.91 Å². The summed E-state index contributed by atoms with van der Waals surface area (Å²) in [4.78, 5) is 22.3. The topological polar surface area (TPSA) is 37.4 Å². The molecule has 0 aromatic rings. The van der Waals surface area contributed by atoms with Crippen LogP contribution in [0.25, 0.3) is 0 Å². The maximum absolute atomic E-state index is 11.3. The zero-order valence-corrected chi connectivity index (χ0v) is 11.4. The summed E-state index contributed by atoms with van der Waals surface area (Å²) in [5.41, 5.74) is 0. The van der Waals surface area contributed by atoms with Gasteiger partial charge in [0.15, 0.2) is 5.12 Å². The van der Waals surface area contributed by atoms with Gasteiger partial charge in [0.05, 0.1) is 0 Å². The van der Waals surface area contributed by atoms with E-state index in [2.05, 4.69) is 0 Å². The predicted molar refractivity (Wildman–Crippen MR) is 70.4 cm³/mol. The molecule has 0 aromatic heterocycles. The molecule has 0 saturated carbocycles. The molecule has 92 valence electrons. The number of amides is 1. The molecular formula is C11H19NO2S2. The van der Waals surface area contributed by atoms with Gasteiger partial charge >= 0.3 is 0 Å². The van der Waals surface area contributed by atoms with Gasteiger partial charge in [-0.05, 0) is 37.5 Å². The lowest BCUT2D eigenvalue weighted by Gasteiger charge is -2.13. The van der Waals surface area contributed by atoms with E-state index in [1.807, 2.05) is 10.6 Å². The molecule has 1 aliphatic rings. The fourth-order valence-corrected chi connectivity index (χ4v) is 2.98. The summed E-state index contributed by atoms with van der Waals surface area (Å²) >= 11 is 2.96. The highest BCUT2D eigenvalue weighted by Crippen LogP contribution is 2.21. The van der Waals surface area contributed by atoms with Gasteiger partial charge in [0.25, 0.3) is 0 Å². The van der Waals surface area contributed by atoms with Gasteiger partial charge in [-0.25, -0.2) is 0 Å². The molecule has 1 fully saturated rings. The van der Waals surface area contributed by atoms with Gasteiger partial charge in [0.1, 0.15) is 0 Å². The van der Waals surface area contributed by atoms with Crippen molar-refractivity contribution in [3.8, 4) is 0 Å². The quantitative estimate of drug-likeness (QED) is 0.521. The third-order valence-electron chi connectivity index (χ3n) is 2.53. The zero-order valence-electron chi connectivity index (χ0n) is 9.74. The molecule has 0 aromatic carbocycles. The minimum atomic E-state index is 0.280. The Kier molecular flexibility index (Phi) is 6.96. The Hall–Kier alpha value is -0.160. The molecule has 0 atom stereocenters. The van der Waals surface area contributed by atoms with Crippen LogP contribution in [0.4, 0.5) is 0 Å². The first-order valence-corrected chi connectivity index (χ1v) is 7.91. The summed E-state index contributed by atoms with van der Waals surface area (Å²) in [6, 6.07) is 0. The number of unbranched alkanes of at least 4 members (excludes halogenated alkanes) is 2. The molecule has 1 rings (SSSR count). The summed E-state index contributed by atoms with van der Waals surface area (Å²) < 4.78 is 1.88. The van der Waals surface area contributed by atoms with Crippen LogP contribution in [0.1, 0.15) is 38.5 Å². The lowest BCUT2D eigenvalue weighted by atomic mass is 10.2. The molecule has 1 aliphatic heterocycles. The van der Waals surface area contributed by atoms with Crippen LogP contribution in [0.2, 0.25) is 0 Å². The highest BCUT2D eigenvalue weighted by molar-refractivity contribution is 8.13. The van der Waals surface area contributed by atoms with E-state index in [1.54, 1.807) is 11.9 Å². The van der Waals surface area contributed by atoms with Gasteiger partial charge in [-0.2, -0.15) is 0 Å². The van der Waals surface area contributed by atoms with Gasteiger partial charge in [0, 0.05) is 25.1 Å². The maximum atomic E-state index is 11.3. The van der Waals surface area contributed by atoms with E-state index in [-0.39, 0.29) is 11.0 Å². The molecule has 0 unspecified atom stereocenters. The lowest BCUT2D eigenvalue weighted by Crippen LogP contribution is -2.16. The first-order chi connectivity index (χ1) is 7.74. The van der Waals surface area contributed by atoms with Crippen molar-refractivity contribution in [2.75, 3.05) is 18.6 Å². The summed E-state index contributed by atoms with van der Waals surface area (Å²) in [5, 5.41) is 0.280. The van der Waals surface area contributed by atoms with Crippen molar-refractivity contribution in [1.29, 1.82) is 0 Å². The Morgan fingerprint density at radius 1 is 1.38 bits per heavy atom. The standard InChI is InChI=1S/C11H19NO2S2/c1-15-11(14)7-3-2-4-9-16-12-8-5-6-10(12)13/h2-9H2,1H3. The smallest absolute Gasteiger partial charge is 0.232 e. The van der Waals surface area contributed by atoms with Crippen molar-refractivity contribution in [2.45, 2.75) is 38.5 Å². The molecule has 0 N–H and O–H groups in total. The summed E-state index contributed by atoms with van der Waals surface area (Å²) in [5.74, 6) is 1.28. The Morgan fingerprint density at radius 3 is 2.81 bits per heavy atom. The molecule has 0 bridgehead atoms. The largest absolute Gasteiger partial charge is 0.287 e. The Balaban J connectivity index is 1.92. The molecule has 0 aliphatic carbocycles. The summed E-state index contributed by atoms with van der Waals surface area (Å²) in [7, 11) is 0. The first kappa shape index (κ1) is 13.9. The number of hydrogen-bond acceptors (Lipinski definition) is 4. The Bertz CT molecular complexity index is 246. The first-order valence-electron chi connectivity index (χ1n) is 5.74. The second-order valence-electron chi connectivity index (χ2n) is 3.82. The van der Waals surface area contributed by atoms with Crippen LogP contribution in [0.5, 0.6) is 0 Å². The number of carbonyl (C=O) groups excluding carboxylic acids is 2. The van der Waals surface area contributed by atoms with E-state index in [1.165, 1.54) is 11.8 Å². The van der Waals surface area contributed by atoms with Crippen LogP contribution in [-0.2, 0) is 9.59 Å². The highest BCUT2D eigenvalue weighted by atomic mass is 32.2. The van der Waals surface area contributed by atoms with Gasteiger partial charge in [-0.15, -0.1) is 0 Å². The second kappa shape index (κ2) is 8.01. The molecular weight excluding hydrogens is 242 g/mol. The average Bonchev–Trinajstić information content (AvgIpc) is 2.69. The predicted octanol–water partition coefficient (Wildman–Crippen LogP) is 2.71. The summed E-state index contributed by atoms with van der Waals surface area (Å²) in [6.07, 6.45) is 7.40. The van der Waals surface area contributed by atoms with Gasteiger partial charge < -0.3 is 0 Å². The Labute approximate surface area is 106 Å². The number of carbonyl (C=O) groups is 2. The molecule has 3 nitrogen and oxygen atoms in total. The SMILES string of the molecule is CSC(=O)CCCCCSN1CCCC1=O. The van der Waals surface area contributed by atoms with Crippen LogP contribution < -0.4 is 0 Å². The third kappa shape index (κ3) is 5.25. The molecule has 1 amide bonds. The van der Waals surface area contributed by atoms with E-state index >= 15 is 0 Å². The van der Waals surface area contributed by atoms with Crippen molar-refractivity contribution < 1.29 is 9.59 Å². The number of nitrogens with zero attached hydrogens (tertiary/aromatic N) is 1. The normalized spacial score (nSPS) is 15.8.